The molecule has 0 unspecified atom stereocenters. The number of furan rings is 1. The van der Waals surface area contributed by atoms with Crippen molar-refractivity contribution < 1.29 is 13.9 Å². The fourth-order valence-electron chi connectivity index (χ4n) is 2.14. The monoisotopic (exact) mass is 433 g/mol. The van der Waals surface area contributed by atoms with E-state index in [1.54, 1.807) is 18.5 Å². The number of halogens is 1. The van der Waals surface area contributed by atoms with E-state index in [9.17, 15) is 4.79 Å². The van der Waals surface area contributed by atoms with Gasteiger partial charge in [-0.2, -0.15) is 5.10 Å². The summed E-state index contributed by atoms with van der Waals surface area (Å²) >= 11 is 4.78. The Morgan fingerprint density at radius 2 is 2.15 bits per heavy atom. The van der Waals surface area contributed by atoms with E-state index >= 15 is 0 Å². The minimum absolute atomic E-state index is 0.157. The number of nitrogens with one attached hydrogen (secondary N) is 1. The number of ether oxygens (including phenoxy) is 1. The predicted molar refractivity (Wildman–Crippen MR) is 106 cm³/mol. The molecule has 0 aliphatic rings. The van der Waals surface area contributed by atoms with Gasteiger partial charge in [0, 0.05) is 15.4 Å². The van der Waals surface area contributed by atoms with Crippen molar-refractivity contribution in [2.45, 2.75) is 13.3 Å². The largest absolute Gasteiger partial charge is 0.466 e. The van der Waals surface area contributed by atoms with E-state index in [0.717, 1.165) is 15.8 Å². The van der Waals surface area contributed by atoms with Crippen molar-refractivity contribution in [2.24, 2.45) is 5.10 Å². The van der Waals surface area contributed by atoms with Crippen LogP contribution in [0.25, 0.3) is 11.3 Å². The zero-order valence-corrected chi connectivity index (χ0v) is 16.3. The second-order valence-corrected chi connectivity index (χ2v) is 6.98. The first kappa shape index (κ1) is 18.3. The second-order valence-electron chi connectivity index (χ2n) is 5.20. The first-order valence-corrected chi connectivity index (χ1v) is 9.56. The molecule has 3 rings (SSSR count). The van der Waals surface area contributed by atoms with Gasteiger partial charge in [-0.25, -0.2) is 4.98 Å². The molecule has 134 valence electrons. The Morgan fingerprint density at radius 1 is 1.35 bits per heavy atom. The van der Waals surface area contributed by atoms with Crippen LogP contribution in [0.1, 0.15) is 18.4 Å². The first-order chi connectivity index (χ1) is 12.6. The molecule has 26 heavy (non-hydrogen) atoms. The summed E-state index contributed by atoms with van der Waals surface area (Å²) in [6.07, 6.45) is 1.74. The van der Waals surface area contributed by atoms with E-state index in [-0.39, 0.29) is 12.4 Å². The van der Waals surface area contributed by atoms with Gasteiger partial charge in [0.1, 0.15) is 11.5 Å². The Hall–Kier alpha value is -2.45. The number of rotatable bonds is 7. The molecule has 3 aromatic rings. The maximum absolute atomic E-state index is 11.4. The number of carbonyl (C=O) groups is 1. The van der Waals surface area contributed by atoms with Crippen LogP contribution in [0.2, 0.25) is 0 Å². The molecule has 0 radical (unpaired) electrons. The number of esters is 1. The van der Waals surface area contributed by atoms with Gasteiger partial charge in [-0.1, -0.05) is 28.1 Å². The van der Waals surface area contributed by atoms with Gasteiger partial charge in [0.05, 0.1) is 24.9 Å². The van der Waals surface area contributed by atoms with Crippen LogP contribution in [0.3, 0.4) is 0 Å². The van der Waals surface area contributed by atoms with Crippen LogP contribution >= 0.6 is 27.3 Å². The lowest BCUT2D eigenvalue weighted by molar-refractivity contribution is -0.142. The molecule has 0 saturated carbocycles. The molecule has 2 heterocycles. The topological polar surface area (TPSA) is 76.7 Å². The summed E-state index contributed by atoms with van der Waals surface area (Å²) in [6.45, 7) is 2.14. The molecular formula is C18H16BrN3O3S. The van der Waals surface area contributed by atoms with Crippen LogP contribution in [0.4, 0.5) is 5.13 Å². The number of aromatic nitrogens is 1. The maximum Gasteiger partial charge on any atom is 0.311 e. The molecule has 0 aliphatic carbocycles. The molecule has 0 aliphatic heterocycles. The van der Waals surface area contributed by atoms with Crippen LogP contribution in [0, 0.1) is 0 Å². The number of hydrogen-bond acceptors (Lipinski definition) is 7. The lowest BCUT2D eigenvalue weighted by Crippen LogP contribution is -2.07. The van der Waals surface area contributed by atoms with Crippen LogP contribution in [-0.2, 0) is 16.0 Å². The highest BCUT2D eigenvalue weighted by Gasteiger charge is 2.08. The summed E-state index contributed by atoms with van der Waals surface area (Å²) in [7, 11) is 0. The van der Waals surface area contributed by atoms with Crippen LogP contribution in [0.5, 0.6) is 0 Å². The average molecular weight is 434 g/mol. The summed E-state index contributed by atoms with van der Waals surface area (Å²) in [5.41, 5.74) is 4.48. The van der Waals surface area contributed by atoms with Gasteiger partial charge in [-0.05, 0) is 31.2 Å². The quantitative estimate of drug-likeness (QED) is 0.331. The Kier molecular flexibility index (Phi) is 6.19. The molecule has 6 nitrogen and oxygen atoms in total. The molecular weight excluding hydrogens is 418 g/mol. The van der Waals surface area contributed by atoms with E-state index in [4.69, 9.17) is 9.15 Å². The number of benzene rings is 1. The Balaban J connectivity index is 1.57. The zero-order valence-electron chi connectivity index (χ0n) is 13.9. The van der Waals surface area contributed by atoms with Crippen molar-refractivity contribution in [3.05, 3.63) is 57.7 Å². The third-order valence-electron chi connectivity index (χ3n) is 3.29. The molecule has 1 aromatic carbocycles. The van der Waals surface area contributed by atoms with E-state index in [1.165, 1.54) is 11.3 Å². The highest BCUT2D eigenvalue weighted by molar-refractivity contribution is 9.10. The number of hydrazone groups is 1. The normalized spacial score (nSPS) is 11.0. The van der Waals surface area contributed by atoms with Crippen molar-refractivity contribution in [2.75, 3.05) is 12.0 Å². The van der Waals surface area contributed by atoms with Crippen molar-refractivity contribution in [3.8, 4) is 11.3 Å². The molecule has 0 amide bonds. The summed E-state index contributed by atoms with van der Waals surface area (Å²) in [6, 6.07) is 11.6. The first-order valence-electron chi connectivity index (χ1n) is 7.89. The van der Waals surface area contributed by atoms with E-state index in [2.05, 4.69) is 31.4 Å². The number of anilines is 1. The van der Waals surface area contributed by atoms with Crippen LogP contribution in [0.15, 0.2) is 55.8 Å². The Bertz CT molecular complexity index is 903. The third-order valence-corrected chi connectivity index (χ3v) is 4.61. The highest BCUT2D eigenvalue weighted by Crippen LogP contribution is 2.23. The minimum Gasteiger partial charge on any atom is -0.466 e. The number of thiazole rings is 1. The fraction of sp³-hybridized carbons (Fsp3) is 0.167. The lowest BCUT2D eigenvalue weighted by Gasteiger charge is -1.98. The molecule has 0 fully saturated rings. The van der Waals surface area contributed by atoms with Crippen molar-refractivity contribution in [1.29, 1.82) is 0 Å². The molecule has 2 aromatic heterocycles. The van der Waals surface area contributed by atoms with Gasteiger partial charge in [0.25, 0.3) is 0 Å². The maximum atomic E-state index is 11.4. The van der Waals surface area contributed by atoms with Gasteiger partial charge in [0.2, 0.25) is 5.13 Å². The number of nitrogens with zero attached hydrogens (tertiary/aromatic N) is 2. The van der Waals surface area contributed by atoms with Gasteiger partial charge in [-0.15, -0.1) is 11.3 Å². The number of carbonyl (C=O) groups excluding carboxylic acids is 1. The fourth-order valence-corrected chi connectivity index (χ4v) is 3.07. The van der Waals surface area contributed by atoms with Crippen LogP contribution < -0.4 is 5.43 Å². The lowest BCUT2D eigenvalue weighted by atomic mass is 10.2. The smallest absolute Gasteiger partial charge is 0.311 e. The molecule has 8 heteroatoms. The van der Waals surface area contributed by atoms with Crippen LogP contribution in [-0.4, -0.2) is 23.8 Å². The Morgan fingerprint density at radius 3 is 2.92 bits per heavy atom. The highest BCUT2D eigenvalue weighted by atomic mass is 79.9. The second kappa shape index (κ2) is 8.77. The standard InChI is InChI=1S/C18H16BrN3O3S/c1-2-24-17(23)9-14-11-26-18(21-14)22-20-10-15-7-8-16(25-15)12-3-5-13(19)6-4-12/h3-8,10-11H,2,9H2,1H3,(H,21,22). The van der Waals surface area contributed by atoms with Gasteiger partial charge < -0.3 is 9.15 Å². The Labute approximate surface area is 163 Å². The van der Waals surface area contributed by atoms with Gasteiger partial charge in [0.15, 0.2) is 0 Å². The van der Waals surface area contributed by atoms with Gasteiger partial charge >= 0.3 is 5.97 Å². The zero-order chi connectivity index (χ0) is 18.4. The van der Waals surface area contributed by atoms with E-state index in [0.29, 0.717) is 23.2 Å². The summed E-state index contributed by atoms with van der Waals surface area (Å²) in [4.78, 5) is 15.7. The molecule has 0 atom stereocenters. The summed E-state index contributed by atoms with van der Waals surface area (Å²) in [5, 5.41) is 6.51. The summed E-state index contributed by atoms with van der Waals surface area (Å²) < 4.78 is 11.7. The molecule has 0 saturated heterocycles. The van der Waals surface area contributed by atoms with E-state index < -0.39 is 0 Å². The third kappa shape index (κ3) is 5.03. The minimum atomic E-state index is -0.288. The molecule has 0 bridgehead atoms. The van der Waals surface area contributed by atoms with Crippen molar-refractivity contribution in [3.63, 3.8) is 0 Å². The van der Waals surface area contributed by atoms with Crippen molar-refractivity contribution >= 4 is 44.6 Å². The predicted octanol–water partition coefficient (Wildman–Crippen LogP) is 4.72. The molecule has 0 spiro atoms. The summed E-state index contributed by atoms with van der Waals surface area (Å²) in [5.74, 6) is 1.10. The average Bonchev–Trinajstić information content (AvgIpc) is 3.26. The van der Waals surface area contributed by atoms with Gasteiger partial charge in [-0.3, -0.25) is 10.2 Å². The SMILES string of the molecule is CCOC(=O)Cc1csc(NN=Cc2ccc(-c3ccc(Br)cc3)o2)n1. The van der Waals surface area contributed by atoms with Crippen molar-refractivity contribution in [1.82, 2.24) is 4.98 Å². The number of hydrogen-bond donors (Lipinski definition) is 1. The molecule has 1 N–H and O–H groups in total. The van der Waals surface area contributed by atoms with E-state index in [1.807, 2.05) is 36.4 Å².